The SMILES string of the molecule is O=C(OCc1ccccc1)N1CCCC(N2CCNCC2=O)C1. The molecule has 6 heteroatoms. The number of amides is 2. The molecule has 2 amide bonds. The van der Waals surface area contributed by atoms with Gasteiger partial charge in [-0.3, -0.25) is 4.79 Å². The van der Waals surface area contributed by atoms with Crippen LogP contribution in [0.2, 0.25) is 0 Å². The molecule has 23 heavy (non-hydrogen) atoms. The van der Waals surface area contributed by atoms with E-state index in [1.54, 1.807) is 4.90 Å². The molecule has 2 aliphatic heterocycles. The van der Waals surface area contributed by atoms with Gasteiger partial charge in [0.2, 0.25) is 5.91 Å². The summed E-state index contributed by atoms with van der Waals surface area (Å²) in [6, 6.07) is 9.77. The number of nitrogens with one attached hydrogen (secondary N) is 1. The van der Waals surface area contributed by atoms with E-state index in [1.807, 2.05) is 35.2 Å². The Hall–Kier alpha value is -2.08. The average Bonchev–Trinajstić information content (AvgIpc) is 2.61. The standard InChI is InChI=1S/C17H23N3O3/c21-16-11-18-8-10-20(16)15-7-4-9-19(12-15)17(22)23-13-14-5-2-1-3-6-14/h1-3,5-6,15,18H,4,7-13H2. The maximum atomic E-state index is 12.3. The van der Waals surface area contributed by atoms with E-state index >= 15 is 0 Å². The summed E-state index contributed by atoms with van der Waals surface area (Å²) < 4.78 is 5.40. The van der Waals surface area contributed by atoms with Gasteiger partial charge < -0.3 is 19.9 Å². The summed E-state index contributed by atoms with van der Waals surface area (Å²) >= 11 is 0. The lowest BCUT2D eigenvalue weighted by Crippen LogP contribution is -2.57. The van der Waals surface area contributed by atoms with Crippen molar-refractivity contribution in [1.82, 2.24) is 15.1 Å². The largest absolute Gasteiger partial charge is 0.445 e. The molecular formula is C17H23N3O3. The van der Waals surface area contributed by atoms with Crippen molar-refractivity contribution in [2.45, 2.75) is 25.5 Å². The molecule has 2 fully saturated rings. The highest BCUT2D eigenvalue weighted by atomic mass is 16.6. The van der Waals surface area contributed by atoms with Crippen LogP contribution in [0.15, 0.2) is 30.3 Å². The first-order valence-electron chi connectivity index (χ1n) is 8.20. The third-order valence-electron chi connectivity index (χ3n) is 4.43. The zero-order valence-corrected chi connectivity index (χ0v) is 13.2. The summed E-state index contributed by atoms with van der Waals surface area (Å²) in [5, 5.41) is 3.08. The zero-order chi connectivity index (χ0) is 16.1. The van der Waals surface area contributed by atoms with Gasteiger partial charge in [0.1, 0.15) is 6.61 Å². The predicted molar refractivity (Wildman–Crippen MR) is 85.8 cm³/mol. The monoisotopic (exact) mass is 317 g/mol. The van der Waals surface area contributed by atoms with Gasteiger partial charge in [-0.25, -0.2) is 4.79 Å². The molecule has 2 aliphatic rings. The number of hydrogen-bond donors (Lipinski definition) is 1. The number of likely N-dealkylation sites (tertiary alicyclic amines) is 1. The van der Waals surface area contributed by atoms with E-state index in [0.29, 0.717) is 19.6 Å². The van der Waals surface area contributed by atoms with Crippen molar-refractivity contribution in [2.75, 3.05) is 32.7 Å². The summed E-state index contributed by atoms with van der Waals surface area (Å²) in [4.78, 5) is 27.9. The van der Waals surface area contributed by atoms with Crippen molar-refractivity contribution in [3.05, 3.63) is 35.9 Å². The molecule has 124 valence electrons. The van der Waals surface area contributed by atoms with Crippen LogP contribution in [0.4, 0.5) is 4.79 Å². The molecule has 0 saturated carbocycles. The molecule has 1 unspecified atom stereocenters. The summed E-state index contributed by atoms with van der Waals surface area (Å²) in [5.41, 5.74) is 0.978. The summed E-state index contributed by atoms with van der Waals surface area (Å²) in [7, 11) is 0. The minimum absolute atomic E-state index is 0.114. The lowest BCUT2D eigenvalue weighted by molar-refractivity contribution is -0.135. The van der Waals surface area contributed by atoms with E-state index in [0.717, 1.165) is 31.5 Å². The van der Waals surface area contributed by atoms with Gasteiger partial charge in [0.25, 0.3) is 0 Å². The van der Waals surface area contributed by atoms with Crippen LogP contribution in [-0.2, 0) is 16.1 Å². The van der Waals surface area contributed by atoms with Crippen molar-refractivity contribution in [1.29, 1.82) is 0 Å². The molecule has 0 bridgehead atoms. The summed E-state index contributed by atoms with van der Waals surface area (Å²) in [5.74, 6) is 0.126. The number of carbonyl (C=O) groups excluding carboxylic acids is 2. The van der Waals surface area contributed by atoms with Gasteiger partial charge in [-0.15, -0.1) is 0 Å². The van der Waals surface area contributed by atoms with E-state index < -0.39 is 0 Å². The smallest absolute Gasteiger partial charge is 0.410 e. The predicted octanol–water partition coefficient (Wildman–Crippen LogP) is 1.22. The molecule has 0 radical (unpaired) electrons. The van der Waals surface area contributed by atoms with E-state index in [-0.39, 0.29) is 24.6 Å². The van der Waals surface area contributed by atoms with Crippen LogP contribution in [-0.4, -0.2) is 60.6 Å². The van der Waals surface area contributed by atoms with E-state index in [4.69, 9.17) is 4.74 Å². The first-order chi connectivity index (χ1) is 11.2. The fourth-order valence-corrected chi connectivity index (χ4v) is 3.19. The van der Waals surface area contributed by atoms with Gasteiger partial charge >= 0.3 is 6.09 Å². The van der Waals surface area contributed by atoms with Crippen LogP contribution in [0, 0.1) is 0 Å². The van der Waals surface area contributed by atoms with Crippen LogP contribution >= 0.6 is 0 Å². The van der Waals surface area contributed by atoms with Gasteiger partial charge in [0, 0.05) is 32.2 Å². The van der Waals surface area contributed by atoms with Crippen LogP contribution in [0.3, 0.4) is 0 Å². The van der Waals surface area contributed by atoms with Crippen LogP contribution in [0.5, 0.6) is 0 Å². The Morgan fingerprint density at radius 3 is 2.87 bits per heavy atom. The second-order valence-corrected chi connectivity index (χ2v) is 6.05. The third kappa shape index (κ3) is 4.01. The number of nitrogens with zero attached hydrogens (tertiary/aromatic N) is 2. The van der Waals surface area contributed by atoms with E-state index in [9.17, 15) is 9.59 Å². The number of benzene rings is 1. The second kappa shape index (κ2) is 7.46. The lowest BCUT2D eigenvalue weighted by Gasteiger charge is -2.40. The number of hydrogen-bond acceptors (Lipinski definition) is 4. The maximum absolute atomic E-state index is 12.3. The maximum Gasteiger partial charge on any atom is 0.410 e. The highest BCUT2D eigenvalue weighted by molar-refractivity contribution is 5.79. The molecule has 1 aromatic rings. The Bertz CT molecular complexity index is 549. The molecule has 6 nitrogen and oxygen atoms in total. The fourth-order valence-electron chi connectivity index (χ4n) is 3.19. The van der Waals surface area contributed by atoms with Gasteiger partial charge in [-0.2, -0.15) is 0 Å². The van der Waals surface area contributed by atoms with Crippen LogP contribution in [0.25, 0.3) is 0 Å². The zero-order valence-electron chi connectivity index (χ0n) is 13.2. The molecule has 2 saturated heterocycles. The topological polar surface area (TPSA) is 61.9 Å². The van der Waals surface area contributed by atoms with Crippen molar-refractivity contribution in [3.8, 4) is 0 Å². The number of carbonyl (C=O) groups is 2. The highest BCUT2D eigenvalue weighted by Gasteiger charge is 2.32. The molecule has 1 N–H and O–H groups in total. The molecule has 0 aliphatic carbocycles. The van der Waals surface area contributed by atoms with Crippen molar-refractivity contribution >= 4 is 12.0 Å². The summed E-state index contributed by atoms with van der Waals surface area (Å²) in [6.07, 6.45) is 1.57. The molecule has 0 spiro atoms. The Kier molecular flexibility index (Phi) is 5.12. The second-order valence-electron chi connectivity index (χ2n) is 6.05. The summed E-state index contributed by atoms with van der Waals surface area (Å²) in [6.45, 7) is 3.49. The molecule has 3 rings (SSSR count). The first kappa shape index (κ1) is 15.8. The van der Waals surface area contributed by atoms with Crippen molar-refractivity contribution < 1.29 is 14.3 Å². The lowest BCUT2D eigenvalue weighted by atomic mass is 10.0. The van der Waals surface area contributed by atoms with Crippen molar-refractivity contribution in [3.63, 3.8) is 0 Å². The Morgan fingerprint density at radius 2 is 2.09 bits per heavy atom. The van der Waals surface area contributed by atoms with Crippen LogP contribution in [0.1, 0.15) is 18.4 Å². The number of ether oxygens (including phenoxy) is 1. The number of piperidine rings is 1. The van der Waals surface area contributed by atoms with Gasteiger partial charge in [0.05, 0.1) is 6.54 Å². The molecule has 1 aromatic carbocycles. The van der Waals surface area contributed by atoms with Gasteiger partial charge in [0.15, 0.2) is 0 Å². The number of rotatable bonds is 3. The van der Waals surface area contributed by atoms with Crippen LogP contribution < -0.4 is 5.32 Å². The Labute approximate surface area is 136 Å². The van der Waals surface area contributed by atoms with E-state index in [2.05, 4.69) is 5.32 Å². The molecule has 1 atom stereocenters. The highest BCUT2D eigenvalue weighted by Crippen LogP contribution is 2.18. The first-order valence-corrected chi connectivity index (χ1v) is 8.20. The van der Waals surface area contributed by atoms with Gasteiger partial charge in [-0.05, 0) is 18.4 Å². The van der Waals surface area contributed by atoms with Crippen molar-refractivity contribution in [2.24, 2.45) is 0 Å². The quantitative estimate of drug-likeness (QED) is 0.910. The van der Waals surface area contributed by atoms with Gasteiger partial charge in [-0.1, -0.05) is 30.3 Å². The molecule has 0 aromatic heterocycles. The van der Waals surface area contributed by atoms with E-state index in [1.165, 1.54) is 0 Å². The average molecular weight is 317 g/mol. The Morgan fingerprint density at radius 1 is 1.26 bits per heavy atom. The fraction of sp³-hybridized carbons (Fsp3) is 0.529. The molecule has 2 heterocycles. The minimum Gasteiger partial charge on any atom is -0.445 e. The minimum atomic E-state index is -0.291. The normalized spacial score (nSPS) is 22.1. The number of piperazine rings is 1. The third-order valence-corrected chi connectivity index (χ3v) is 4.43. The molecular weight excluding hydrogens is 294 g/mol. The Balaban J connectivity index is 1.53.